The van der Waals surface area contributed by atoms with E-state index in [4.69, 9.17) is 9.84 Å². The Morgan fingerprint density at radius 3 is 2.63 bits per heavy atom. The fourth-order valence-corrected chi connectivity index (χ4v) is 2.15. The number of rotatable bonds is 7. The molecule has 1 aromatic rings. The molecule has 0 saturated carbocycles. The third kappa shape index (κ3) is 5.47. The van der Waals surface area contributed by atoms with Crippen LogP contribution in [0.3, 0.4) is 0 Å². The molecule has 0 saturated heterocycles. The van der Waals surface area contributed by atoms with E-state index in [2.05, 4.69) is 29.8 Å². The summed E-state index contributed by atoms with van der Waals surface area (Å²) >= 11 is 3.44. The van der Waals surface area contributed by atoms with Crippen molar-refractivity contribution in [1.29, 1.82) is 0 Å². The molecule has 0 aliphatic heterocycles. The minimum Gasteiger partial charge on any atom is -0.492 e. The van der Waals surface area contributed by atoms with E-state index >= 15 is 0 Å². The molecule has 0 spiro atoms. The van der Waals surface area contributed by atoms with E-state index in [9.17, 15) is 4.79 Å². The van der Waals surface area contributed by atoms with E-state index < -0.39 is 5.97 Å². The lowest BCUT2D eigenvalue weighted by atomic mass is 10.1. The van der Waals surface area contributed by atoms with Crippen molar-refractivity contribution in [1.82, 2.24) is 0 Å². The number of ether oxygens (including phenoxy) is 1. The van der Waals surface area contributed by atoms with E-state index in [1.807, 2.05) is 18.2 Å². The van der Waals surface area contributed by atoms with Gasteiger partial charge in [0, 0.05) is 6.08 Å². The maximum Gasteiger partial charge on any atom is 0.328 e. The van der Waals surface area contributed by atoms with Crippen molar-refractivity contribution in [3.8, 4) is 5.75 Å². The van der Waals surface area contributed by atoms with Crippen LogP contribution in [-0.2, 0) is 4.79 Å². The lowest BCUT2D eigenvalue weighted by molar-refractivity contribution is -0.131. The first-order valence-electron chi connectivity index (χ1n) is 6.40. The van der Waals surface area contributed by atoms with Gasteiger partial charge in [0.2, 0.25) is 0 Å². The second kappa shape index (κ2) is 8.00. The maximum absolute atomic E-state index is 10.4. The summed E-state index contributed by atoms with van der Waals surface area (Å²) in [5, 5.41) is 8.58. The molecule has 0 radical (unpaired) electrons. The van der Waals surface area contributed by atoms with Gasteiger partial charge in [0.25, 0.3) is 0 Å². The Morgan fingerprint density at radius 2 is 2.11 bits per heavy atom. The number of carboxylic acids is 1. The Balaban J connectivity index is 2.69. The van der Waals surface area contributed by atoms with E-state index in [0.29, 0.717) is 12.5 Å². The molecule has 0 amide bonds. The van der Waals surface area contributed by atoms with Crippen molar-refractivity contribution in [2.24, 2.45) is 5.92 Å². The predicted octanol–water partition coefficient (Wildman–Crippen LogP) is 4.36. The molecule has 0 atom stereocenters. The number of carbonyl (C=O) groups is 1. The summed E-state index contributed by atoms with van der Waals surface area (Å²) in [5.74, 6) is 0.406. The fourth-order valence-electron chi connectivity index (χ4n) is 1.64. The average Bonchev–Trinajstić information content (AvgIpc) is 2.39. The number of hydrogen-bond donors (Lipinski definition) is 1. The van der Waals surface area contributed by atoms with Crippen LogP contribution in [-0.4, -0.2) is 17.7 Å². The summed E-state index contributed by atoms with van der Waals surface area (Å²) in [6.45, 7) is 5.02. The molecule has 0 bridgehead atoms. The number of carboxylic acid groups (broad SMARTS) is 1. The smallest absolute Gasteiger partial charge is 0.328 e. The Labute approximate surface area is 122 Å². The monoisotopic (exact) mass is 326 g/mol. The van der Waals surface area contributed by atoms with Gasteiger partial charge in [-0.1, -0.05) is 32.8 Å². The molecule has 0 aromatic heterocycles. The molecule has 1 rings (SSSR count). The number of hydrogen-bond acceptors (Lipinski definition) is 2. The summed E-state index contributed by atoms with van der Waals surface area (Å²) in [6, 6.07) is 5.54. The first kappa shape index (κ1) is 15.8. The molecule has 1 N–H and O–H groups in total. The van der Waals surface area contributed by atoms with Crippen LogP contribution in [0.5, 0.6) is 5.75 Å². The molecule has 104 valence electrons. The van der Waals surface area contributed by atoms with E-state index in [-0.39, 0.29) is 0 Å². The molecule has 0 fully saturated rings. The van der Waals surface area contributed by atoms with Gasteiger partial charge in [-0.25, -0.2) is 4.79 Å². The van der Waals surface area contributed by atoms with Crippen molar-refractivity contribution in [3.05, 3.63) is 34.3 Å². The molecule has 1 aromatic carbocycles. The van der Waals surface area contributed by atoms with Crippen LogP contribution in [0.4, 0.5) is 0 Å². The minimum absolute atomic E-state index is 0.568. The topological polar surface area (TPSA) is 46.5 Å². The average molecular weight is 327 g/mol. The van der Waals surface area contributed by atoms with Crippen molar-refractivity contribution in [3.63, 3.8) is 0 Å². The predicted molar refractivity (Wildman–Crippen MR) is 80.4 cm³/mol. The highest BCUT2D eigenvalue weighted by molar-refractivity contribution is 9.10. The molecule has 19 heavy (non-hydrogen) atoms. The largest absolute Gasteiger partial charge is 0.492 e. The highest BCUT2D eigenvalue weighted by atomic mass is 79.9. The Bertz CT molecular complexity index is 451. The first-order valence-corrected chi connectivity index (χ1v) is 7.19. The van der Waals surface area contributed by atoms with E-state index in [0.717, 1.165) is 34.7 Å². The van der Waals surface area contributed by atoms with Crippen molar-refractivity contribution in [2.45, 2.75) is 26.7 Å². The van der Waals surface area contributed by atoms with Gasteiger partial charge in [0.1, 0.15) is 5.75 Å². The molecule has 0 unspecified atom stereocenters. The van der Waals surface area contributed by atoms with Crippen LogP contribution in [0.1, 0.15) is 32.3 Å². The zero-order chi connectivity index (χ0) is 14.3. The number of aliphatic carboxylic acids is 1. The molecule has 0 aliphatic carbocycles. The maximum atomic E-state index is 10.4. The van der Waals surface area contributed by atoms with Crippen molar-refractivity contribution in [2.75, 3.05) is 6.61 Å². The summed E-state index contributed by atoms with van der Waals surface area (Å²) < 4.78 is 6.61. The molecule has 3 nitrogen and oxygen atoms in total. The van der Waals surface area contributed by atoms with Crippen LogP contribution in [0.25, 0.3) is 6.08 Å². The third-order valence-electron chi connectivity index (χ3n) is 3.00. The van der Waals surface area contributed by atoms with Gasteiger partial charge in [0.15, 0.2) is 0 Å². The second-order valence-electron chi connectivity index (χ2n) is 4.35. The molecule has 4 heteroatoms. The first-order chi connectivity index (χ1) is 9.06. The molecule has 0 aliphatic rings. The van der Waals surface area contributed by atoms with Gasteiger partial charge in [0.05, 0.1) is 11.1 Å². The van der Waals surface area contributed by atoms with Crippen molar-refractivity contribution < 1.29 is 14.6 Å². The van der Waals surface area contributed by atoms with Gasteiger partial charge in [-0.3, -0.25) is 0 Å². The van der Waals surface area contributed by atoms with Crippen LogP contribution in [0.2, 0.25) is 0 Å². The highest BCUT2D eigenvalue weighted by Crippen LogP contribution is 2.27. The lowest BCUT2D eigenvalue weighted by Crippen LogP contribution is -2.10. The Morgan fingerprint density at radius 1 is 1.42 bits per heavy atom. The standard InChI is InChI=1S/C15H19BrO3/c1-3-11(4-2)10-19-14-7-5-12(9-13(14)16)6-8-15(17)18/h5-9,11H,3-4,10H2,1-2H3,(H,17,18)/b8-6+. The summed E-state index contributed by atoms with van der Waals surface area (Å²) in [5.41, 5.74) is 0.823. The lowest BCUT2D eigenvalue weighted by Gasteiger charge is -2.14. The summed E-state index contributed by atoms with van der Waals surface area (Å²) in [7, 11) is 0. The van der Waals surface area contributed by atoms with Gasteiger partial charge < -0.3 is 9.84 Å². The van der Waals surface area contributed by atoms with Gasteiger partial charge in [-0.2, -0.15) is 0 Å². The Hall–Kier alpha value is -1.29. The third-order valence-corrected chi connectivity index (χ3v) is 3.62. The van der Waals surface area contributed by atoms with Gasteiger partial charge in [-0.15, -0.1) is 0 Å². The fraction of sp³-hybridized carbons (Fsp3) is 0.400. The molecular weight excluding hydrogens is 308 g/mol. The summed E-state index contributed by atoms with van der Waals surface area (Å²) in [6.07, 6.45) is 4.88. The zero-order valence-electron chi connectivity index (χ0n) is 11.2. The van der Waals surface area contributed by atoms with Crippen molar-refractivity contribution >= 4 is 28.0 Å². The number of halogens is 1. The van der Waals surface area contributed by atoms with Crippen LogP contribution >= 0.6 is 15.9 Å². The number of benzene rings is 1. The van der Waals surface area contributed by atoms with E-state index in [1.54, 1.807) is 6.08 Å². The minimum atomic E-state index is -0.954. The zero-order valence-corrected chi connectivity index (χ0v) is 12.8. The van der Waals surface area contributed by atoms with Gasteiger partial charge >= 0.3 is 5.97 Å². The summed E-state index contributed by atoms with van der Waals surface area (Å²) in [4.78, 5) is 10.4. The van der Waals surface area contributed by atoms with Crippen LogP contribution in [0.15, 0.2) is 28.7 Å². The second-order valence-corrected chi connectivity index (χ2v) is 5.21. The van der Waals surface area contributed by atoms with Gasteiger partial charge in [-0.05, 0) is 45.6 Å². The SMILES string of the molecule is CCC(CC)COc1ccc(/C=C/C(=O)O)cc1Br. The molecular formula is C15H19BrO3. The normalized spacial score (nSPS) is 11.2. The highest BCUT2D eigenvalue weighted by Gasteiger charge is 2.07. The quantitative estimate of drug-likeness (QED) is 0.757. The van der Waals surface area contributed by atoms with E-state index in [1.165, 1.54) is 0 Å². The molecule has 0 heterocycles. The van der Waals surface area contributed by atoms with Crippen LogP contribution < -0.4 is 4.74 Å². The Kier molecular flexibility index (Phi) is 6.64. The van der Waals surface area contributed by atoms with Crippen LogP contribution in [0, 0.1) is 5.92 Å².